The van der Waals surface area contributed by atoms with Gasteiger partial charge in [0.25, 0.3) is 5.91 Å². The van der Waals surface area contributed by atoms with Crippen LogP contribution in [0.5, 0.6) is 23.1 Å². The molecule has 3 rings (SSSR count). The van der Waals surface area contributed by atoms with E-state index in [1.165, 1.54) is 0 Å². The van der Waals surface area contributed by atoms with Crippen molar-refractivity contribution >= 4 is 5.91 Å². The molecule has 29 heavy (non-hydrogen) atoms. The van der Waals surface area contributed by atoms with Crippen molar-refractivity contribution in [2.24, 2.45) is 0 Å². The highest BCUT2D eigenvalue weighted by atomic mass is 16.5. The summed E-state index contributed by atoms with van der Waals surface area (Å²) in [6, 6.07) is 6.96. The number of hydrogen-bond acceptors (Lipinski definition) is 7. The minimum Gasteiger partial charge on any atom is -0.490 e. The Balaban J connectivity index is 1.77. The highest BCUT2D eigenvalue weighted by Gasteiger charge is 2.30. The van der Waals surface area contributed by atoms with E-state index in [1.807, 2.05) is 20.8 Å². The third-order valence-corrected chi connectivity index (χ3v) is 4.42. The number of ether oxygens (including phenoxy) is 4. The van der Waals surface area contributed by atoms with E-state index < -0.39 is 0 Å². The summed E-state index contributed by atoms with van der Waals surface area (Å²) in [5.41, 5.74) is 0.500. The summed E-state index contributed by atoms with van der Waals surface area (Å²) in [5.74, 6) is 1.91. The first-order chi connectivity index (χ1) is 14.2. The molecule has 0 radical (unpaired) electrons. The van der Waals surface area contributed by atoms with Gasteiger partial charge in [-0.3, -0.25) is 4.79 Å². The number of carbonyl (C=O) groups excluding carboxylic acids is 1. The number of rotatable bonds is 9. The van der Waals surface area contributed by atoms with Crippen LogP contribution in [-0.2, 0) is 0 Å². The first-order valence-corrected chi connectivity index (χ1v) is 9.96. The van der Waals surface area contributed by atoms with Crippen LogP contribution in [0, 0.1) is 0 Å². The average Bonchev–Trinajstić information content (AvgIpc) is 3.19. The summed E-state index contributed by atoms with van der Waals surface area (Å²) in [7, 11) is 0. The van der Waals surface area contributed by atoms with Gasteiger partial charge in [0.05, 0.1) is 26.4 Å². The molecule has 1 aromatic carbocycles. The van der Waals surface area contributed by atoms with Crippen molar-refractivity contribution in [1.82, 2.24) is 15.1 Å². The second-order valence-corrected chi connectivity index (χ2v) is 6.44. The average molecular weight is 401 g/mol. The van der Waals surface area contributed by atoms with Crippen molar-refractivity contribution in [1.29, 1.82) is 0 Å². The zero-order valence-electron chi connectivity index (χ0n) is 17.1. The van der Waals surface area contributed by atoms with Crippen LogP contribution in [0.1, 0.15) is 37.6 Å². The molecule has 0 bridgehead atoms. The van der Waals surface area contributed by atoms with E-state index in [2.05, 4.69) is 10.2 Å². The standard InChI is InChI=1S/C21H27N3O5/c1-4-26-17-12-15(13-18(27-5-2)20(17)28-6-3)21(25)24-11-9-16(14-24)29-19-8-7-10-22-23-19/h7-8,10,12-13,16H,4-6,9,11,14H2,1-3H3. The summed E-state index contributed by atoms with van der Waals surface area (Å²) < 4.78 is 23.0. The maximum Gasteiger partial charge on any atom is 0.254 e. The smallest absolute Gasteiger partial charge is 0.254 e. The molecule has 0 spiro atoms. The van der Waals surface area contributed by atoms with Crippen LogP contribution >= 0.6 is 0 Å². The van der Waals surface area contributed by atoms with Crippen LogP contribution in [0.15, 0.2) is 30.5 Å². The first kappa shape index (κ1) is 20.7. The van der Waals surface area contributed by atoms with E-state index in [4.69, 9.17) is 18.9 Å². The van der Waals surface area contributed by atoms with Crippen LogP contribution in [0.25, 0.3) is 0 Å². The summed E-state index contributed by atoms with van der Waals surface area (Å²) in [5, 5.41) is 7.75. The zero-order valence-corrected chi connectivity index (χ0v) is 17.1. The molecule has 2 heterocycles. The third kappa shape index (κ3) is 5.07. The van der Waals surface area contributed by atoms with Crippen LogP contribution in [0.2, 0.25) is 0 Å². The van der Waals surface area contributed by atoms with E-state index >= 15 is 0 Å². The van der Waals surface area contributed by atoms with Gasteiger partial charge in [0, 0.05) is 30.8 Å². The van der Waals surface area contributed by atoms with Crippen molar-refractivity contribution < 1.29 is 23.7 Å². The molecule has 2 aromatic rings. The molecule has 0 saturated carbocycles. The maximum atomic E-state index is 13.1. The summed E-state index contributed by atoms with van der Waals surface area (Å²) in [6.07, 6.45) is 2.21. The molecule has 1 aromatic heterocycles. The fourth-order valence-electron chi connectivity index (χ4n) is 3.22. The molecule has 1 saturated heterocycles. The number of hydrogen-bond donors (Lipinski definition) is 0. The van der Waals surface area contributed by atoms with Crippen molar-refractivity contribution in [2.75, 3.05) is 32.9 Å². The van der Waals surface area contributed by atoms with Gasteiger partial charge in [0.2, 0.25) is 11.6 Å². The van der Waals surface area contributed by atoms with E-state index in [0.29, 0.717) is 61.6 Å². The number of nitrogens with zero attached hydrogens (tertiary/aromatic N) is 3. The van der Waals surface area contributed by atoms with Crippen LogP contribution < -0.4 is 18.9 Å². The van der Waals surface area contributed by atoms with E-state index in [9.17, 15) is 4.79 Å². The molecule has 8 nitrogen and oxygen atoms in total. The molecule has 0 aliphatic carbocycles. The Labute approximate surface area is 170 Å². The molecular formula is C21H27N3O5. The Morgan fingerprint density at radius 1 is 1.10 bits per heavy atom. The quantitative estimate of drug-likeness (QED) is 0.639. The van der Waals surface area contributed by atoms with Crippen molar-refractivity contribution in [3.05, 3.63) is 36.0 Å². The van der Waals surface area contributed by atoms with Crippen LogP contribution in [-0.4, -0.2) is 60.0 Å². The highest BCUT2D eigenvalue weighted by Crippen LogP contribution is 2.39. The monoisotopic (exact) mass is 401 g/mol. The van der Waals surface area contributed by atoms with Gasteiger partial charge in [0.15, 0.2) is 11.5 Å². The molecule has 8 heteroatoms. The van der Waals surface area contributed by atoms with Gasteiger partial charge in [-0.25, -0.2) is 0 Å². The largest absolute Gasteiger partial charge is 0.490 e. The Kier molecular flexibility index (Phi) is 7.10. The van der Waals surface area contributed by atoms with Crippen molar-refractivity contribution in [3.8, 4) is 23.1 Å². The Morgan fingerprint density at radius 2 is 1.79 bits per heavy atom. The second-order valence-electron chi connectivity index (χ2n) is 6.44. The fraction of sp³-hybridized carbons (Fsp3) is 0.476. The van der Waals surface area contributed by atoms with Crippen molar-refractivity contribution in [3.63, 3.8) is 0 Å². The lowest BCUT2D eigenvalue weighted by Gasteiger charge is -2.20. The third-order valence-electron chi connectivity index (χ3n) is 4.42. The Hall–Kier alpha value is -3.03. The van der Waals surface area contributed by atoms with E-state index in [1.54, 1.807) is 35.4 Å². The van der Waals surface area contributed by atoms with Crippen LogP contribution in [0.4, 0.5) is 0 Å². The topological polar surface area (TPSA) is 83.0 Å². The van der Waals surface area contributed by atoms with Gasteiger partial charge in [0.1, 0.15) is 6.10 Å². The summed E-state index contributed by atoms with van der Waals surface area (Å²) in [6.45, 7) is 8.15. The van der Waals surface area contributed by atoms with Gasteiger partial charge in [-0.05, 0) is 39.0 Å². The molecule has 156 valence electrons. The molecule has 1 atom stereocenters. The van der Waals surface area contributed by atoms with Gasteiger partial charge >= 0.3 is 0 Å². The molecule has 1 fully saturated rings. The molecule has 0 N–H and O–H groups in total. The number of aromatic nitrogens is 2. The van der Waals surface area contributed by atoms with Gasteiger partial charge in [-0.15, -0.1) is 5.10 Å². The minimum absolute atomic E-state index is 0.0970. The first-order valence-electron chi connectivity index (χ1n) is 9.96. The molecule has 1 aliphatic heterocycles. The zero-order chi connectivity index (χ0) is 20.6. The number of benzene rings is 1. The Bertz CT molecular complexity index is 788. The highest BCUT2D eigenvalue weighted by molar-refractivity contribution is 5.96. The van der Waals surface area contributed by atoms with Gasteiger partial charge < -0.3 is 23.8 Å². The lowest BCUT2D eigenvalue weighted by atomic mass is 10.1. The Morgan fingerprint density at radius 3 is 2.38 bits per heavy atom. The number of carbonyl (C=O) groups is 1. The van der Waals surface area contributed by atoms with E-state index in [-0.39, 0.29) is 12.0 Å². The lowest BCUT2D eigenvalue weighted by Crippen LogP contribution is -2.31. The minimum atomic E-state index is -0.115. The molecular weight excluding hydrogens is 374 g/mol. The predicted molar refractivity (Wildman–Crippen MR) is 107 cm³/mol. The predicted octanol–water partition coefficient (Wildman–Crippen LogP) is 2.97. The van der Waals surface area contributed by atoms with Gasteiger partial charge in [-0.1, -0.05) is 0 Å². The van der Waals surface area contributed by atoms with E-state index in [0.717, 1.165) is 6.42 Å². The molecule has 1 amide bonds. The second kappa shape index (κ2) is 9.95. The molecule has 1 aliphatic rings. The normalized spacial score (nSPS) is 15.8. The number of amides is 1. The lowest BCUT2D eigenvalue weighted by molar-refractivity contribution is 0.0769. The van der Waals surface area contributed by atoms with Gasteiger partial charge in [-0.2, -0.15) is 5.10 Å². The fourth-order valence-corrected chi connectivity index (χ4v) is 3.22. The summed E-state index contributed by atoms with van der Waals surface area (Å²) in [4.78, 5) is 14.9. The van der Waals surface area contributed by atoms with Crippen molar-refractivity contribution in [2.45, 2.75) is 33.3 Å². The van der Waals surface area contributed by atoms with Crippen LogP contribution in [0.3, 0.4) is 0 Å². The SMILES string of the molecule is CCOc1cc(C(=O)N2CCC(Oc3cccnn3)C2)cc(OCC)c1OCC. The summed E-state index contributed by atoms with van der Waals surface area (Å²) >= 11 is 0. The molecule has 1 unspecified atom stereocenters. The maximum absolute atomic E-state index is 13.1. The number of likely N-dealkylation sites (tertiary alicyclic amines) is 1.